The molecule has 2 rings (SSSR count). The highest BCUT2D eigenvalue weighted by Gasteiger charge is 2.06. The van der Waals surface area contributed by atoms with Gasteiger partial charge in [-0.25, -0.2) is 0 Å². The van der Waals surface area contributed by atoms with Crippen molar-refractivity contribution in [1.82, 2.24) is 19.7 Å². The average Bonchev–Trinajstić information content (AvgIpc) is 2.63. The Morgan fingerprint density at radius 2 is 2.27 bits per heavy atom. The van der Waals surface area contributed by atoms with Crippen molar-refractivity contribution in [3.8, 4) is 23.7 Å². The van der Waals surface area contributed by atoms with Gasteiger partial charge in [0.05, 0.1) is 6.20 Å². The summed E-state index contributed by atoms with van der Waals surface area (Å²) < 4.78 is 1.77. The largest absolute Gasteiger partial charge is 0.261 e. The fraction of sp³-hybridized carbons (Fsp3) is 0.182. The number of terminal acetylenes is 1. The van der Waals surface area contributed by atoms with Crippen LogP contribution in [0, 0.1) is 19.3 Å². The number of rotatable bonds is 2. The molecule has 4 heteroatoms. The van der Waals surface area contributed by atoms with Gasteiger partial charge >= 0.3 is 0 Å². The Balaban J connectivity index is 2.40. The minimum Gasteiger partial charge on any atom is -0.261 e. The van der Waals surface area contributed by atoms with E-state index in [4.69, 9.17) is 6.42 Å². The predicted octanol–water partition coefficient (Wildman–Crippen LogP) is 1.28. The van der Waals surface area contributed by atoms with Crippen molar-refractivity contribution >= 4 is 0 Å². The Morgan fingerprint density at radius 3 is 2.93 bits per heavy atom. The SMILES string of the molecule is C#CCn1nc(-c2cnccn2)cc1C. The van der Waals surface area contributed by atoms with Crippen LogP contribution in [-0.2, 0) is 6.54 Å². The van der Waals surface area contributed by atoms with Crippen molar-refractivity contribution in [1.29, 1.82) is 0 Å². The number of hydrogen-bond donors (Lipinski definition) is 0. The van der Waals surface area contributed by atoms with Gasteiger partial charge in [-0.05, 0) is 13.0 Å². The standard InChI is InChI=1S/C11H10N4/c1-3-6-15-9(2)7-10(14-15)11-8-12-4-5-13-11/h1,4-5,7-8H,6H2,2H3. The van der Waals surface area contributed by atoms with Crippen LogP contribution in [0.1, 0.15) is 5.69 Å². The van der Waals surface area contributed by atoms with E-state index in [0.29, 0.717) is 6.54 Å². The summed E-state index contributed by atoms with van der Waals surface area (Å²) in [6.07, 6.45) is 10.2. The van der Waals surface area contributed by atoms with Gasteiger partial charge in [0.2, 0.25) is 0 Å². The van der Waals surface area contributed by atoms with Crippen molar-refractivity contribution in [2.75, 3.05) is 0 Å². The lowest BCUT2D eigenvalue weighted by atomic mass is 10.3. The zero-order valence-electron chi connectivity index (χ0n) is 8.38. The lowest BCUT2D eigenvalue weighted by molar-refractivity contribution is 0.693. The Kier molecular flexibility index (Phi) is 2.46. The fourth-order valence-corrected chi connectivity index (χ4v) is 1.31. The van der Waals surface area contributed by atoms with Crippen LogP contribution < -0.4 is 0 Å². The molecule has 2 aromatic rings. The lowest BCUT2D eigenvalue weighted by Crippen LogP contribution is -2.00. The van der Waals surface area contributed by atoms with E-state index in [0.717, 1.165) is 17.1 Å². The molecular weight excluding hydrogens is 188 g/mol. The number of nitrogens with zero attached hydrogens (tertiary/aromatic N) is 4. The maximum absolute atomic E-state index is 5.24. The fourth-order valence-electron chi connectivity index (χ4n) is 1.31. The predicted molar refractivity (Wildman–Crippen MR) is 56.8 cm³/mol. The van der Waals surface area contributed by atoms with Crippen LogP contribution in [0.25, 0.3) is 11.4 Å². The molecule has 74 valence electrons. The molecule has 0 spiro atoms. The maximum Gasteiger partial charge on any atom is 0.113 e. The van der Waals surface area contributed by atoms with Crippen LogP contribution >= 0.6 is 0 Å². The summed E-state index contributed by atoms with van der Waals surface area (Å²) >= 11 is 0. The molecule has 2 aromatic heterocycles. The van der Waals surface area contributed by atoms with Crippen molar-refractivity contribution < 1.29 is 0 Å². The first-order chi connectivity index (χ1) is 7.31. The van der Waals surface area contributed by atoms with Crippen LogP contribution in [0.2, 0.25) is 0 Å². The molecule has 0 atom stereocenters. The highest BCUT2D eigenvalue weighted by atomic mass is 15.3. The van der Waals surface area contributed by atoms with E-state index in [2.05, 4.69) is 21.0 Å². The molecule has 0 aromatic carbocycles. The monoisotopic (exact) mass is 198 g/mol. The minimum atomic E-state index is 0.478. The van der Waals surface area contributed by atoms with Crippen LogP contribution in [-0.4, -0.2) is 19.7 Å². The van der Waals surface area contributed by atoms with E-state index >= 15 is 0 Å². The van der Waals surface area contributed by atoms with Crippen LogP contribution in [0.4, 0.5) is 0 Å². The highest BCUT2D eigenvalue weighted by molar-refractivity contribution is 5.52. The summed E-state index contributed by atoms with van der Waals surface area (Å²) in [6, 6.07) is 1.95. The Morgan fingerprint density at radius 1 is 1.40 bits per heavy atom. The van der Waals surface area contributed by atoms with Crippen LogP contribution in [0.15, 0.2) is 24.7 Å². The van der Waals surface area contributed by atoms with Crippen molar-refractivity contribution in [2.24, 2.45) is 0 Å². The number of aromatic nitrogens is 4. The number of hydrogen-bond acceptors (Lipinski definition) is 3. The Labute approximate surface area is 88.0 Å². The molecular formula is C11H10N4. The van der Waals surface area contributed by atoms with E-state index in [9.17, 15) is 0 Å². The molecule has 0 radical (unpaired) electrons. The van der Waals surface area contributed by atoms with Crippen molar-refractivity contribution in [2.45, 2.75) is 13.5 Å². The van der Waals surface area contributed by atoms with Gasteiger partial charge in [0.15, 0.2) is 0 Å². The van der Waals surface area contributed by atoms with Gasteiger partial charge < -0.3 is 0 Å². The Bertz CT molecular complexity index is 493. The second-order valence-corrected chi connectivity index (χ2v) is 3.12. The maximum atomic E-state index is 5.24. The van der Waals surface area contributed by atoms with Gasteiger partial charge in [-0.1, -0.05) is 5.92 Å². The third-order valence-corrected chi connectivity index (χ3v) is 2.05. The van der Waals surface area contributed by atoms with Crippen molar-refractivity contribution in [3.05, 3.63) is 30.4 Å². The third-order valence-electron chi connectivity index (χ3n) is 2.05. The number of aryl methyl sites for hydroxylation is 1. The van der Waals surface area contributed by atoms with Crippen molar-refractivity contribution in [3.63, 3.8) is 0 Å². The first kappa shape index (κ1) is 9.41. The first-order valence-electron chi connectivity index (χ1n) is 4.55. The van der Waals surface area contributed by atoms with E-state index in [-0.39, 0.29) is 0 Å². The van der Waals surface area contributed by atoms with Crippen LogP contribution in [0.3, 0.4) is 0 Å². The van der Waals surface area contributed by atoms with Gasteiger partial charge in [-0.3, -0.25) is 14.6 Å². The molecule has 0 bridgehead atoms. The highest BCUT2D eigenvalue weighted by Crippen LogP contribution is 2.14. The summed E-state index contributed by atoms with van der Waals surface area (Å²) in [5.41, 5.74) is 2.58. The molecule has 0 aliphatic rings. The topological polar surface area (TPSA) is 43.6 Å². The second-order valence-electron chi connectivity index (χ2n) is 3.12. The molecule has 0 N–H and O–H groups in total. The van der Waals surface area contributed by atoms with E-state index < -0.39 is 0 Å². The van der Waals surface area contributed by atoms with Gasteiger partial charge in [0, 0.05) is 18.1 Å². The molecule has 0 aliphatic heterocycles. The second kappa shape index (κ2) is 3.93. The van der Waals surface area contributed by atoms with Gasteiger partial charge in [-0.15, -0.1) is 6.42 Å². The molecule has 0 unspecified atom stereocenters. The summed E-state index contributed by atoms with van der Waals surface area (Å²) in [6.45, 7) is 2.44. The first-order valence-corrected chi connectivity index (χ1v) is 4.55. The zero-order valence-corrected chi connectivity index (χ0v) is 8.38. The summed E-state index contributed by atoms with van der Waals surface area (Å²) in [4.78, 5) is 8.17. The molecule has 4 nitrogen and oxygen atoms in total. The van der Waals surface area contributed by atoms with E-state index in [1.54, 1.807) is 23.3 Å². The summed E-state index contributed by atoms with van der Waals surface area (Å²) in [7, 11) is 0. The van der Waals surface area contributed by atoms with Gasteiger partial charge in [0.25, 0.3) is 0 Å². The minimum absolute atomic E-state index is 0.478. The van der Waals surface area contributed by atoms with Crippen LogP contribution in [0.5, 0.6) is 0 Å². The molecule has 15 heavy (non-hydrogen) atoms. The Hall–Kier alpha value is -2.15. The normalized spacial score (nSPS) is 9.87. The molecule has 2 heterocycles. The molecule has 0 saturated heterocycles. The zero-order chi connectivity index (χ0) is 10.7. The summed E-state index contributed by atoms with van der Waals surface area (Å²) in [5.74, 6) is 2.55. The van der Waals surface area contributed by atoms with E-state index in [1.807, 2.05) is 13.0 Å². The van der Waals surface area contributed by atoms with Gasteiger partial charge in [0.1, 0.15) is 17.9 Å². The lowest BCUT2D eigenvalue weighted by Gasteiger charge is -1.96. The molecule has 0 amide bonds. The average molecular weight is 198 g/mol. The summed E-state index contributed by atoms with van der Waals surface area (Å²) in [5, 5.41) is 4.34. The molecule has 0 aliphatic carbocycles. The smallest absolute Gasteiger partial charge is 0.113 e. The molecule has 0 saturated carbocycles. The quantitative estimate of drug-likeness (QED) is 0.683. The van der Waals surface area contributed by atoms with Gasteiger partial charge in [-0.2, -0.15) is 5.10 Å². The third kappa shape index (κ3) is 1.86. The van der Waals surface area contributed by atoms with E-state index in [1.165, 1.54) is 0 Å². The molecule has 0 fully saturated rings.